The minimum Gasteiger partial charge on any atom is -0.394 e. The molecule has 34 heavy (non-hydrogen) atoms. The van der Waals surface area contributed by atoms with Crippen molar-refractivity contribution < 1.29 is 23.8 Å². The lowest BCUT2D eigenvalue weighted by molar-refractivity contribution is -0.117. The number of carbonyl (C=O) groups excluding carboxylic acids is 1. The minimum atomic E-state index is -1.21. The monoisotopic (exact) mass is 491 g/mol. The molecule has 178 valence electrons. The van der Waals surface area contributed by atoms with E-state index in [9.17, 15) is 19.4 Å². The summed E-state index contributed by atoms with van der Waals surface area (Å²) < 4.78 is 30.1. The summed E-state index contributed by atoms with van der Waals surface area (Å²) in [6.45, 7) is 0.614. The van der Waals surface area contributed by atoms with Crippen LogP contribution in [0.1, 0.15) is 13.3 Å². The SMILES string of the molecule is CC(CO)(CO)Nc1c(F)c(Cl)c(-c2cn3cc(NC(=O)[C@@H]4C[C@@H]4F)nc3cn2)c2cn[nH]c12. The number of alkyl halides is 1. The van der Waals surface area contributed by atoms with E-state index >= 15 is 4.39 Å². The molecule has 5 rings (SSSR count). The Labute approximate surface area is 196 Å². The standard InChI is InChI=1S/C21H20ClF2N7O3/c1-21(7-32,8-33)29-19-17(24)16(22)15(10-3-26-30-18(10)19)12-5-31-6-13(27-14(31)4-25-12)28-20(34)9-2-11(9)23/h3-6,9,11,29,32-33H,2,7-8H2,1H3,(H,26,30)(H,28,34)/t9-,11+/m1/s1. The first-order chi connectivity index (χ1) is 16.2. The second-order valence-electron chi connectivity index (χ2n) is 8.55. The van der Waals surface area contributed by atoms with E-state index in [1.54, 1.807) is 10.6 Å². The topological polar surface area (TPSA) is 140 Å². The first-order valence-electron chi connectivity index (χ1n) is 10.4. The van der Waals surface area contributed by atoms with E-state index in [-0.39, 0.29) is 34.0 Å². The Kier molecular flexibility index (Phi) is 5.38. The van der Waals surface area contributed by atoms with Crippen LogP contribution in [0.25, 0.3) is 27.8 Å². The van der Waals surface area contributed by atoms with Crippen LogP contribution < -0.4 is 10.6 Å². The van der Waals surface area contributed by atoms with E-state index < -0.39 is 42.6 Å². The molecule has 5 N–H and O–H groups in total. The van der Waals surface area contributed by atoms with Gasteiger partial charge in [0.15, 0.2) is 17.3 Å². The molecule has 10 nitrogen and oxygen atoms in total. The van der Waals surface area contributed by atoms with E-state index in [1.807, 2.05) is 0 Å². The fourth-order valence-corrected chi connectivity index (χ4v) is 3.95. The van der Waals surface area contributed by atoms with Gasteiger partial charge in [0.25, 0.3) is 0 Å². The van der Waals surface area contributed by atoms with Crippen LogP contribution in [-0.4, -0.2) is 65.6 Å². The van der Waals surface area contributed by atoms with Crippen molar-refractivity contribution in [1.29, 1.82) is 0 Å². The highest BCUT2D eigenvalue weighted by molar-refractivity contribution is 6.35. The summed E-state index contributed by atoms with van der Waals surface area (Å²) in [6, 6.07) is 0. The molecule has 4 aromatic rings. The largest absolute Gasteiger partial charge is 0.394 e. The van der Waals surface area contributed by atoms with Crippen LogP contribution in [0.15, 0.2) is 24.8 Å². The highest BCUT2D eigenvalue weighted by Crippen LogP contribution is 2.41. The fraction of sp³-hybridized carbons (Fsp3) is 0.333. The summed E-state index contributed by atoms with van der Waals surface area (Å²) in [7, 11) is 0. The van der Waals surface area contributed by atoms with Gasteiger partial charge in [-0.05, 0) is 13.3 Å². The molecule has 1 saturated carbocycles. The summed E-state index contributed by atoms with van der Waals surface area (Å²) in [5, 5.41) is 31.5. The van der Waals surface area contributed by atoms with E-state index in [2.05, 4.69) is 30.8 Å². The van der Waals surface area contributed by atoms with E-state index in [1.165, 1.54) is 25.5 Å². The van der Waals surface area contributed by atoms with Gasteiger partial charge in [-0.3, -0.25) is 14.9 Å². The lowest BCUT2D eigenvalue weighted by atomic mass is 10.0. The average Bonchev–Trinajstić information content (AvgIpc) is 3.19. The molecule has 3 aromatic heterocycles. The van der Waals surface area contributed by atoms with Crippen molar-refractivity contribution in [2.75, 3.05) is 23.8 Å². The van der Waals surface area contributed by atoms with Crippen molar-refractivity contribution in [3.63, 3.8) is 0 Å². The van der Waals surface area contributed by atoms with Crippen LogP contribution in [-0.2, 0) is 4.79 Å². The zero-order valence-electron chi connectivity index (χ0n) is 17.8. The van der Waals surface area contributed by atoms with Crippen molar-refractivity contribution >= 4 is 45.6 Å². The van der Waals surface area contributed by atoms with Crippen LogP contribution in [0.3, 0.4) is 0 Å². The van der Waals surface area contributed by atoms with Crippen molar-refractivity contribution in [1.82, 2.24) is 24.6 Å². The predicted molar refractivity (Wildman–Crippen MR) is 121 cm³/mol. The molecule has 1 amide bonds. The Morgan fingerprint density at radius 3 is 2.76 bits per heavy atom. The van der Waals surface area contributed by atoms with Crippen LogP contribution in [0.2, 0.25) is 5.02 Å². The molecule has 0 unspecified atom stereocenters. The predicted octanol–water partition coefficient (Wildman–Crippen LogP) is 2.52. The number of aliphatic hydroxyl groups excluding tert-OH is 2. The Morgan fingerprint density at radius 2 is 2.09 bits per heavy atom. The van der Waals surface area contributed by atoms with E-state index in [0.717, 1.165) is 0 Å². The van der Waals surface area contributed by atoms with Gasteiger partial charge in [0.2, 0.25) is 5.91 Å². The van der Waals surface area contributed by atoms with E-state index in [0.29, 0.717) is 16.7 Å². The number of H-pyrrole nitrogens is 1. The summed E-state index contributed by atoms with van der Waals surface area (Å²) in [4.78, 5) is 20.6. The maximum atomic E-state index is 15.4. The number of hydrogen-bond donors (Lipinski definition) is 5. The van der Waals surface area contributed by atoms with Gasteiger partial charge in [-0.25, -0.2) is 13.8 Å². The normalized spacial score (nSPS) is 17.9. The lowest BCUT2D eigenvalue weighted by Gasteiger charge is -2.28. The third-order valence-electron chi connectivity index (χ3n) is 5.81. The maximum absolute atomic E-state index is 15.4. The average molecular weight is 492 g/mol. The number of aliphatic hydroxyl groups is 2. The fourth-order valence-electron chi connectivity index (χ4n) is 3.66. The molecule has 1 aliphatic carbocycles. The maximum Gasteiger partial charge on any atom is 0.231 e. The summed E-state index contributed by atoms with van der Waals surface area (Å²) in [5.74, 6) is -1.66. The number of hydrogen-bond acceptors (Lipinski definition) is 7. The Balaban J connectivity index is 1.56. The number of nitrogens with zero attached hydrogens (tertiary/aromatic N) is 4. The van der Waals surface area contributed by atoms with Gasteiger partial charge in [0, 0.05) is 17.1 Å². The molecule has 0 radical (unpaired) electrons. The van der Waals surface area contributed by atoms with Gasteiger partial charge in [0.05, 0.1) is 65.2 Å². The molecule has 1 aromatic carbocycles. The van der Waals surface area contributed by atoms with Crippen LogP contribution in [0.5, 0.6) is 0 Å². The number of halogens is 3. The zero-order chi connectivity index (χ0) is 24.2. The molecule has 0 bridgehead atoms. The number of amides is 1. The van der Waals surface area contributed by atoms with Crippen molar-refractivity contribution in [2.45, 2.75) is 25.1 Å². The number of fused-ring (bicyclic) bond motifs is 2. The molecule has 1 aliphatic rings. The van der Waals surface area contributed by atoms with Crippen LogP contribution in [0.4, 0.5) is 20.3 Å². The molecule has 2 atom stereocenters. The molecule has 13 heteroatoms. The summed E-state index contributed by atoms with van der Waals surface area (Å²) >= 11 is 6.43. The second kappa shape index (κ2) is 8.15. The molecule has 3 heterocycles. The van der Waals surface area contributed by atoms with Crippen LogP contribution in [0, 0.1) is 11.7 Å². The Morgan fingerprint density at radius 1 is 1.35 bits per heavy atom. The number of rotatable bonds is 7. The number of nitrogens with one attached hydrogen (secondary N) is 3. The second-order valence-corrected chi connectivity index (χ2v) is 8.93. The highest BCUT2D eigenvalue weighted by Gasteiger charge is 2.43. The Hall–Kier alpha value is -3.35. The molecular formula is C21H20ClF2N7O3. The third kappa shape index (κ3) is 3.73. The highest BCUT2D eigenvalue weighted by atomic mass is 35.5. The number of carbonyl (C=O) groups is 1. The molecular weight excluding hydrogens is 472 g/mol. The number of aromatic nitrogens is 5. The Bertz CT molecular complexity index is 1420. The summed E-state index contributed by atoms with van der Waals surface area (Å²) in [6.07, 6.45) is 5.08. The van der Waals surface area contributed by atoms with Crippen molar-refractivity contribution in [2.24, 2.45) is 5.92 Å². The smallest absolute Gasteiger partial charge is 0.231 e. The van der Waals surface area contributed by atoms with Gasteiger partial charge in [-0.1, -0.05) is 11.6 Å². The van der Waals surface area contributed by atoms with Crippen LogP contribution >= 0.6 is 11.6 Å². The zero-order valence-corrected chi connectivity index (χ0v) is 18.6. The molecule has 0 saturated heterocycles. The van der Waals surface area contributed by atoms with Gasteiger partial charge in [-0.2, -0.15) is 5.10 Å². The minimum absolute atomic E-state index is 0.0493. The molecule has 0 spiro atoms. The first kappa shape index (κ1) is 22.4. The quantitative estimate of drug-likeness (QED) is 0.267. The van der Waals surface area contributed by atoms with Crippen molar-refractivity contribution in [3.8, 4) is 11.3 Å². The molecule has 0 aliphatic heterocycles. The third-order valence-corrected chi connectivity index (χ3v) is 6.17. The number of benzene rings is 1. The number of anilines is 2. The summed E-state index contributed by atoms with van der Waals surface area (Å²) in [5.41, 5.74) is 0.000659. The van der Waals surface area contributed by atoms with Gasteiger partial charge >= 0.3 is 0 Å². The lowest BCUT2D eigenvalue weighted by Crippen LogP contribution is -2.42. The van der Waals surface area contributed by atoms with E-state index in [4.69, 9.17) is 11.6 Å². The molecule has 1 fully saturated rings. The number of imidazole rings is 1. The van der Waals surface area contributed by atoms with Gasteiger partial charge in [-0.15, -0.1) is 0 Å². The van der Waals surface area contributed by atoms with Gasteiger partial charge < -0.3 is 25.2 Å². The van der Waals surface area contributed by atoms with Gasteiger partial charge in [0.1, 0.15) is 6.17 Å². The number of aromatic amines is 1. The first-order valence-corrected chi connectivity index (χ1v) is 10.8. The van der Waals surface area contributed by atoms with Crippen molar-refractivity contribution in [3.05, 3.63) is 35.6 Å².